The van der Waals surface area contributed by atoms with Crippen LogP contribution in [-0.2, 0) is 6.54 Å². The molecule has 0 unspecified atom stereocenters. The van der Waals surface area contributed by atoms with Gasteiger partial charge in [-0.3, -0.25) is 0 Å². The molecule has 0 atom stereocenters. The van der Waals surface area contributed by atoms with E-state index in [2.05, 4.69) is 29.4 Å². The highest BCUT2D eigenvalue weighted by Crippen LogP contribution is 2.30. The number of hydrogen-bond donors (Lipinski definition) is 1. The van der Waals surface area contributed by atoms with E-state index in [-0.39, 0.29) is 0 Å². The van der Waals surface area contributed by atoms with Crippen LogP contribution in [0.25, 0.3) is 16.9 Å². The maximum absolute atomic E-state index is 5.87. The van der Waals surface area contributed by atoms with Gasteiger partial charge in [-0.05, 0) is 37.6 Å². The van der Waals surface area contributed by atoms with E-state index in [1.54, 1.807) is 7.11 Å². The number of methoxy groups -OCH3 is 1. The molecule has 3 aromatic rings. The molecule has 2 N–H and O–H groups in total. The van der Waals surface area contributed by atoms with Crippen molar-refractivity contribution in [2.24, 2.45) is 5.73 Å². The second kappa shape index (κ2) is 6.22. The highest BCUT2D eigenvalue weighted by atomic mass is 16.5. The van der Waals surface area contributed by atoms with Gasteiger partial charge in [0, 0.05) is 12.1 Å². The van der Waals surface area contributed by atoms with E-state index in [0.717, 1.165) is 34.0 Å². The molecule has 5 nitrogen and oxygen atoms in total. The number of aromatic nitrogens is 3. The molecule has 118 valence electrons. The fraction of sp³-hybridized carbons (Fsp3) is 0.222. The highest BCUT2D eigenvalue weighted by molar-refractivity contribution is 5.66. The first-order valence-corrected chi connectivity index (χ1v) is 7.50. The van der Waals surface area contributed by atoms with Gasteiger partial charge < -0.3 is 10.5 Å². The molecule has 5 heteroatoms. The molecular weight excluding hydrogens is 288 g/mol. The summed E-state index contributed by atoms with van der Waals surface area (Å²) < 4.78 is 7.30. The van der Waals surface area contributed by atoms with E-state index in [4.69, 9.17) is 10.5 Å². The summed E-state index contributed by atoms with van der Waals surface area (Å²) in [5, 5.41) is 8.57. The van der Waals surface area contributed by atoms with Crippen molar-refractivity contribution >= 4 is 0 Å². The Morgan fingerprint density at radius 1 is 1.09 bits per heavy atom. The van der Waals surface area contributed by atoms with Crippen molar-refractivity contribution in [2.45, 2.75) is 20.4 Å². The second-order valence-corrected chi connectivity index (χ2v) is 5.55. The first kappa shape index (κ1) is 15.2. The van der Waals surface area contributed by atoms with Crippen LogP contribution in [0.3, 0.4) is 0 Å². The van der Waals surface area contributed by atoms with Gasteiger partial charge >= 0.3 is 0 Å². The predicted octanol–water partition coefficient (Wildman–Crippen LogP) is 3.02. The van der Waals surface area contributed by atoms with Crippen molar-refractivity contribution in [3.63, 3.8) is 0 Å². The minimum absolute atomic E-state index is 0.331. The van der Waals surface area contributed by atoms with Gasteiger partial charge in [0.2, 0.25) is 0 Å². The zero-order valence-electron chi connectivity index (χ0n) is 13.6. The van der Waals surface area contributed by atoms with Crippen LogP contribution in [0.4, 0.5) is 0 Å². The summed E-state index contributed by atoms with van der Waals surface area (Å²) in [6.07, 6.45) is 0. The van der Waals surface area contributed by atoms with Gasteiger partial charge in [0.25, 0.3) is 0 Å². The van der Waals surface area contributed by atoms with E-state index in [1.165, 1.54) is 5.56 Å². The summed E-state index contributed by atoms with van der Waals surface area (Å²) in [5.41, 5.74) is 11.7. The normalized spacial score (nSPS) is 10.8. The van der Waals surface area contributed by atoms with Crippen molar-refractivity contribution in [3.05, 3.63) is 59.3 Å². The monoisotopic (exact) mass is 308 g/mol. The molecule has 23 heavy (non-hydrogen) atoms. The third-order valence-corrected chi connectivity index (χ3v) is 3.79. The SMILES string of the molecule is COc1ccc(C)cc1-n1nnc(CN)c1-c1cccc(C)c1. The Morgan fingerprint density at radius 2 is 1.87 bits per heavy atom. The fourth-order valence-electron chi connectivity index (χ4n) is 2.67. The van der Waals surface area contributed by atoms with E-state index in [0.29, 0.717) is 6.54 Å². The van der Waals surface area contributed by atoms with E-state index in [9.17, 15) is 0 Å². The number of nitrogens with zero attached hydrogens (tertiary/aromatic N) is 3. The first-order valence-electron chi connectivity index (χ1n) is 7.50. The number of nitrogens with two attached hydrogens (primary N) is 1. The quantitative estimate of drug-likeness (QED) is 0.804. The Bertz CT molecular complexity index is 839. The van der Waals surface area contributed by atoms with E-state index >= 15 is 0 Å². The molecule has 2 aromatic carbocycles. The molecule has 0 radical (unpaired) electrons. The zero-order valence-corrected chi connectivity index (χ0v) is 13.6. The number of hydrogen-bond acceptors (Lipinski definition) is 4. The van der Waals surface area contributed by atoms with Crippen LogP contribution in [-0.4, -0.2) is 22.1 Å². The molecule has 0 spiro atoms. The van der Waals surface area contributed by atoms with Gasteiger partial charge in [-0.15, -0.1) is 5.10 Å². The molecule has 0 saturated heterocycles. The van der Waals surface area contributed by atoms with Crippen LogP contribution in [0.15, 0.2) is 42.5 Å². The van der Waals surface area contributed by atoms with Gasteiger partial charge in [0.1, 0.15) is 17.1 Å². The zero-order chi connectivity index (χ0) is 16.4. The van der Waals surface area contributed by atoms with Crippen molar-refractivity contribution in [1.29, 1.82) is 0 Å². The molecule has 0 aliphatic carbocycles. The summed E-state index contributed by atoms with van der Waals surface area (Å²) in [7, 11) is 1.65. The Labute approximate surface area is 135 Å². The molecule has 0 aliphatic rings. The largest absolute Gasteiger partial charge is 0.494 e. The predicted molar refractivity (Wildman–Crippen MR) is 90.7 cm³/mol. The highest BCUT2D eigenvalue weighted by Gasteiger charge is 2.18. The molecule has 0 aliphatic heterocycles. The number of benzene rings is 2. The summed E-state index contributed by atoms with van der Waals surface area (Å²) in [5.74, 6) is 0.748. The number of aryl methyl sites for hydroxylation is 2. The average Bonchev–Trinajstić information content (AvgIpc) is 2.98. The maximum Gasteiger partial charge on any atom is 0.144 e. The summed E-state index contributed by atoms with van der Waals surface area (Å²) in [4.78, 5) is 0. The standard InChI is InChI=1S/C18H20N4O/c1-12-5-4-6-14(9-12)18-15(11-19)20-21-22(18)16-10-13(2)7-8-17(16)23-3/h4-10H,11,19H2,1-3H3. The van der Waals surface area contributed by atoms with Gasteiger partial charge in [0.15, 0.2) is 0 Å². The van der Waals surface area contributed by atoms with Crippen LogP contribution < -0.4 is 10.5 Å². The third-order valence-electron chi connectivity index (χ3n) is 3.79. The minimum Gasteiger partial charge on any atom is -0.494 e. The second-order valence-electron chi connectivity index (χ2n) is 5.55. The van der Waals surface area contributed by atoms with Crippen molar-refractivity contribution < 1.29 is 4.74 Å². The lowest BCUT2D eigenvalue weighted by Gasteiger charge is -2.13. The van der Waals surface area contributed by atoms with Crippen molar-refractivity contribution in [1.82, 2.24) is 15.0 Å². The van der Waals surface area contributed by atoms with Crippen LogP contribution in [0.2, 0.25) is 0 Å². The van der Waals surface area contributed by atoms with Gasteiger partial charge in [0.05, 0.1) is 12.8 Å². The molecular formula is C18H20N4O. The molecule has 1 aromatic heterocycles. The minimum atomic E-state index is 0.331. The van der Waals surface area contributed by atoms with E-state index in [1.807, 2.05) is 41.9 Å². The van der Waals surface area contributed by atoms with Gasteiger partial charge in [-0.2, -0.15) is 0 Å². The van der Waals surface area contributed by atoms with Crippen molar-refractivity contribution in [2.75, 3.05) is 7.11 Å². The van der Waals surface area contributed by atoms with Crippen LogP contribution in [0.1, 0.15) is 16.8 Å². The number of ether oxygens (including phenoxy) is 1. The van der Waals surface area contributed by atoms with Crippen LogP contribution >= 0.6 is 0 Å². The molecule has 3 rings (SSSR count). The summed E-state index contributed by atoms with van der Waals surface area (Å²) in [6.45, 7) is 4.43. The third kappa shape index (κ3) is 2.83. The summed E-state index contributed by atoms with van der Waals surface area (Å²) >= 11 is 0. The topological polar surface area (TPSA) is 66.0 Å². The Kier molecular flexibility index (Phi) is 4.12. The Hall–Kier alpha value is -2.66. The van der Waals surface area contributed by atoms with Gasteiger partial charge in [-0.1, -0.05) is 35.0 Å². The molecule has 1 heterocycles. The number of rotatable bonds is 4. The lowest BCUT2D eigenvalue weighted by molar-refractivity contribution is 0.411. The van der Waals surface area contributed by atoms with Crippen LogP contribution in [0, 0.1) is 13.8 Å². The fourth-order valence-corrected chi connectivity index (χ4v) is 2.67. The average molecular weight is 308 g/mol. The molecule has 0 bridgehead atoms. The van der Waals surface area contributed by atoms with Crippen molar-refractivity contribution in [3.8, 4) is 22.7 Å². The summed E-state index contributed by atoms with van der Waals surface area (Å²) in [6, 6.07) is 14.2. The Balaban J connectivity index is 2.26. The molecule has 0 fully saturated rings. The molecule has 0 saturated carbocycles. The lowest BCUT2D eigenvalue weighted by Crippen LogP contribution is -2.04. The lowest BCUT2D eigenvalue weighted by atomic mass is 10.1. The molecule has 0 amide bonds. The Morgan fingerprint density at radius 3 is 2.57 bits per heavy atom. The smallest absolute Gasteiger partial charge is 0.144 e. The van der Waals surface area contributed by atoms with Gasteiger partial charge in [-0.25, -0.2) is 4.68 Å². The van der Waals surface area contributed by atoms with Crippen LogP contribution in [0.5, 0.6) is 5.75 Å². The first-order chi connectivity index (χ1) is 11.1. The van der Waals surface area contributed by atoms with E-state index < -0.39 is 0 Å². The maximum atomic E-state index is 5.87.